The normalized spacial score (nSPS) is 11.4. The molecule has 0 spiro atoms. The fourth-order valence-electron chi connectivity index (χ4n) is 3.47. The van der Waals surface area contributed by atoms with Gasteiger partial charge in [0, 0.05) is 18.4 Å². The summed E-state index contributed by atoms with van der Waals surface area (Å²) < 4.78 is 16.4. The number of ether oxygens (including phenoxy) is 2. The van der Waals surface area contributed by atoms with Gasteiger partial charge in [-0.3, -0.25) is 0 Å². The van der Waals surface area contributed by atoms with E-state index in [1.54, 1.807) is 30.5 Å². The number of carbonyl (C=O) groups is 2. The zero-order valence-corrected chi connectivity index (χ0v) is 19.5. The van der Waals surface area contributed by atoms with Crippen molar-refractivity contribution in [3.05, 3.63) is 108 Å². The largest absolute Gasteiger partial charge is 0.493 e. The second-order valence-corrected chi connectivity index (χ2v) is 8.05. The van der Waals surface area contributed by atoms with Crippen LogP contribution in [0.5, 0.6) is 5.75 Å². The zero-order valence-electron chi connectivity index (χ0n) is 19.5. The van der Waals surface area contributed by atoms with Crippen molar-refractivity contribution < 1.29 is 28.6 Å². The van der Waals surface area contributed by atoms with Gasteiger partial charge < -0.3 is 24.3 Å². The molecule has 1 heterocycles. The minimum absolute atomic E-state index is 0.0625. The Balaban J connectivity index is 1.23. The lowest BCUT2D eigenvalue weighted by atomic mass is 10.1. The first-order valence-corrected chi connectivity index (χ1v) is 11.5. The second-order valence-electron chi connectivity index (χ2n) is 8.05. The van der Waals surface area contributed by atoms with Crippen LogP contribution in [0.2, 0.25) is 0 Å². The topological polar surface area (TPSA) is 111 Å². The van der Waals surface area contributed by atoms with Gasteiger partial charge in [0.25, 0.3) is 0 Å². The highest BCUT2D eigenvalue weighted by molar-refractivity contribution is 5.80. The Morgan fingerprint density at radius 2 is 1.61 bits per heavy atom. The first kappa shape index (κ1) is 24.5. The molecule has 0 aliphatic heterocycles. The van der Waals surface area contributed by atoms with E-state index in [9.17, 15) is 14.7 Å². The van der Waals surface area contributed by atoms with E-state index in [0.717, 1.165) is 22.4 Å². The number of nitrogens with zero attached hydrogens (tertiary/aromatic N) is 1. The third-order valence-electron chi connectivity index (χ3n) is 5.37. The summed E-state index contributed by atoms with van der Waals surface area (Å²) in [6.07, 6.45) is 1.53. The molecular weight excluding hydrogens is 460 g/mol. The standard InChI is InChI=1S/C28H26N2O6/c31-27(32)25(30-28(33)36-18-21-7-3-1-4-8-21)17-20-11-13-24(14-12-20)34-16-15-23-19-35-26(29-23)22-9-5-2-6-10-22/h1-14,19,25H,15-18H2,(H,30,33)(H,31,32)/t25-/m0/s1. The number of hydrogen-bond donors (Lipinski definition) is 2. The van der Waals surface area contributed by atoms with Gasteiger partial charge >= 0.3 is 12.1 Å². The van der Waals surface area contributed by atoms with Crippen molar-refractivity contribution >= 4 is 12.1 Å². The number of carboxylic acid groups (broad SMARTS) is 1. The van der Waals surface area contributed by atoms with Gasteiger partial charge in [0.1, 0.15) is 24.7 Å². The monoisotopic (exact) mass is 486 g/mol. The van der Waals surface area contributed by atoms with E-state index >= 15 is 0 Å². The number of carbonyl (C=O) groups excluding carboxylic acids is 1. The second kappa shape index (κ2) is 12.2. The molecule has 1 atom stereocenters. The molecule has 36 heavy (non-hydrogen) atoms. The SMILES string of the molecule is O=C(N[C@@H](Cc1ccc(OCCc2coc(-c3ccccc3)n2)cc1)C(=O)O)OCc1ccccc1. The molecule has 0 aliphatic rings. The fraction of sp³-hybridized carbons (Fsp3) is 0.179. The number of nitrogens with one attached hydrogen (secondary N) is 1. The molecule has 0 saturated heterocycles. The number of aliphatic carboxylic acids is 1. The average molecular weight is 487 g/mol. The lowest BCUT2D eigenvalue weighted by Gasteiger charge is -2.15. The van der Waals surface area contributed by atoms with Gasteiger partial charge in [0.15, 0.2) is 0 Å². The molecule has 0 unspecified atom stereocenters. The predicted molar refractivity (Wildman–Crippen MR) is 132 cm³/mol. The first-order valence-electron chi connectivity index (χ1n) is 11.5. The minimum atomic E-state index is -1.14. The summed E-state index contributed by atoms with van der Waals surface area (Å²) in [6.45, 7) is 0.472. The maximum atomic E-state index is 12.1. The molecule has 0 aliphatic carbocycles. The van der Waals surface area contributed by atoms with Crippen LogP contribution in [0.3, 0.4) is 0 Å². The van der Waals surface area contributed by atoms with Crippen LogP contribution in [0.1, 0.15) is 16.8 Å². The third-order valence-corrected chi connectivity index (χ3v) is 5.37. The highest BCUT2D eigenvalue weighted by Crippen LogP contribution is 2.19. The van der Waals surface area contributed by atoms with Gasteiger partial charge in [-0.1, -0.05) is 60.7 Å². The number of amides is 1. The number of rotatable bonds is 11. The molecule has 1 aromatic heterocycles. The molecule has 4 aromatic rings. The van der Waals surface area contributed by atoms with Crippen molar-refractivity contribution in [2.45, 2.75) is 25.5 Å². The van der Waals surface area contributed by atoms with E-state index in [0.29, 0.717) is 24.7 Å². The number of aromatic nitrogens is 1. The average Bonchev–Trinajstić information content (AvgIpc) is 3.38. The molecule has 0 fully saturated rings. The summed E-state index contributed by atoms with van der Waals surface area (Å²) >= 11 is 0. The molecule has 2 N–H and O–H groups in total. The summed E-state index contributed by atoms with van der Waals surface area (Å²) in [6, 6.07) is 24.8. The van der Waals surface area contributed by atoms with Gasteiger partial charge in [0.05, 0.1) is 12.3 Å². The van der Waals surface area contributed by atoms with Crippen LogP contribution in [0.15, 0.2) is 95.6 Å². The van der Waals surface area contributed by atoms with Crippen molar-refractivity contribution in [2.24, 2.45) is 0 Å². The summed E-state index contributed by atoms with van der Waals surface area (Å²) in [7, 11) is 0. The molecule has 3 aromatic carbocycles. The third kappa shape index (κ3) is 7.20. The van der Waals surface area contributed by atoms with Crippen molar-refractivity contribution in [3.63, 3.8) is 0 Å². The van der Waals surface area contributed by atoms with E-state index in [4.69, 9.17) is 13.9 Å². The number of benzene rings is 3. The van der Waals surface area contributed by atoms with Crippen LogP contribution in [0.25, 0.3) is 11.5 Å². The maximum Gasteiger partial charge on any atom is 0.408 e. The van der Waals surface area contributed by atoms with E-state index in [2.05, 4.69) is 10.3 Å². The molecule has 4 rings (SSSR count). The maximum absolute atomic E-state index is 12.1. The van der Waals surface area contributed by atoms with E-state index in [1.807, 2.05) is 60.7 Å². The Hall–Kier alpha value is -4.59. The van der Waals surface area contributed by atoms with Crippen LogP contribution in [-0.2, 0) is 29.0 Å². The lowest BCUT2D eigenvalue weighted by Crippen LogP contribution is -2.42. The van der Waals surface area contributed by atoms with E-state index in [-0.39, 0.29) is 13.0 Å². The van der Waals surface area contributed by atoms with E-state index in [1.165, 1.54) is 0 Å². The Labute approximate surface area is 208 Å². The molecule has 8 nitrogen and oxygen atoms in total. The number of hydrogen-bond acceptors (Lipinski definition) is 6. The summed E-state index contributed by atoms with van der Waals surface area (Å²) in [5.74, 6) is 0.0719. The smallest absolute Gasteiger partial charge is 0.408 e. The summed E-state index contributed by atoms with van der Waals surface area (Å²) in [4.78, 5) is 28.2. The highest BCUT2D eigenvalue weighted by Gasteiger charge is 2.21. The van der Waals surface area contributed by atoms with Crippen molar-refractivity contribution in [1.29, 1.82) is 0 Å². The van der Waals surface area contributed by atoms with Gasteiger partial charge in [-0.25, -0.2) is 14.6 Å². The quantitative estimate of drug-likeness (QED) is 0.311. The lowest BCUT2D eigenvalue weighted by molar-refractivity contribution is -0.139. The molecule has 0 radical (unpaired) electrons. The molecular formula is C28H26N2O6. The molecule has 0 saturated carbocycles. The number of oxazole rings is 1. The summed E-state index contributed by atoms with van der Waals surface area (Å²) in [5, 5.41) is 11.9. The van der Waals surface area contributed by atoms with Gasteiger partial charge in [0.2, 0.25) is 5.89 Å². The minimum Gasteiger partial charge on any atom is -0.493 e. The Bertz CT molecular complexity index is 1260. The summed E-state index contributed by atoms with van der Waals surface area (Å²) in [5.41, 5.74) is 3.26. The first-order chi connectivity index (χ1) is 17.6. The molecule has 8 heteroatoms. The highest BCUT2D eigenvalue weighted by atomic mass is 16.5. The van der Waals surface area contributed by atoms with Crippen molar-refractivity contribution in [1.82, 2.24) is 10.3 Å². The van der Waals surface area contributed by atoms with Crippen LogP contribution in [0, 0.1) is 0 Å². The Morgan fingerprint density at radius 1 is 0.917 bits per heavy atom. The van der Waals surface area contributed by atoms with Gasteiger partial charge in [-0.15, -0.1) is 0 Å². The van der Waals surface area contributed by atoms with Crippen LogP contribution in [-0.4, -0.2) is 34.8 Å². The Kier molecular flexibility index (Phi) is 8.32. The number of carboxylic acids is 1. The van der Waals surface area contributed by atoms with Crippen LogP contribution >= 0.6 is 0 Å². The molecule has 1 amide bonds. The van der Waals surface area contributed by atoms with Gasteiger partial charge in [-0.2, -0.15) is 0 Å². The van der Waals surface area contributed by atoms with E-state index < -0.39 is 18.1 Å². The van der Waals surface area contributed by atoms with Crippen molar-refractivity contribution in [3.8, 4) is 17.2 Å². The Morgan fingerprint density at radius 3 is 2.31 bits per heavy atom. The zero-order chi connectivity index (χ0) is 25.2. The number of alkyl carbamates (subject to hydrolysis) is 1. The molecule has 184 valence electrons. The molecule has 0 bridgehead atoms. The predicted octanol–water partition coefficient (Wildman–Crippen LogP) is 4.89. The fourth-order valence-corrected chi connectivity index (χ4v) is 3.47. The van der Waals surface area contributed by atoms with Crippen LogP contribution in [0.4, 0.5) is 4.79 Å². The van der Waals surface area contributed by atoms with Gasteiger partial charge in [-0.05, 0) is 35.4 Å². The van der Waals surface area contributed by atoms with Crippen molar-refractivity contribution in [2.75, 3.05) is 6.61 Å². The van der Waals surface area contributed by atoms with Crippen LogP contribution < -0.4 is 10.1 Å².